The SMILES string of the molecule is C1=C(c2ccc(-c3nc(-c4ccccc4)nc(-c4ccc5ccccc5c4)n3)c3ccccc23)c2c(oc3ccccc23)CN1. The third kappa shape index (κ3) is 4.28. The van der Waals surface area contributed by atoms with Crippen molar-refractivity contribution in [3.63, 3.8) is 0 Å². The van der Waals surface area contributed by atoms with Gasteiger partial charge in [0, 0.05) is 39.4 Å². The molecule has 0 bridgehead atoms. The van der Waals surface area contributed by atoms with Crippen molar-refractivity contribution in [1.82, 2.24) is 20.3 Å². The van der Waals surface area contributed by atoms with Crippen LogP contribution in [0.3, 0.4) is 0 Å². The zero-order chi connectivity index (χ0) is 29.7. The topological polar surface area (TPSA) is 63.8 Å². The molecule has 9 rings (SSSR count). The largest absolute Gasteiger partial charge is 0.459 e. The van der Waals surface area contributed by atoms with Crippen LogP contribution in [-0.4, -0.2) is 15.0 Å². The second-order valence-corrected chi connectivity index (χ2v) is 11.3. The minimum Gasteiger partial charge on any atom is -0.459 e. The molecular formula is C40H26N4O. The van der Waals surface area contributed by atoms with E-state index in [0.717, 1.165) is 66.3 Å². The Kier molecular flexibility index (Phi) is 5.81. The Morgan fingerprint density at radius 3 is 2.00 bits per heavy atom. The van der Waals surface area contributed by atoms with Gasteiger partial charge in [-0.1, -0.05) is 115 Å². The van der Waals surface area contributed by atoms with E-state index in [0.29, 0.717) is 24.0 Å². The lowest BCUT2D eigenvalue weighted by Crippen LogP contribution is -2.12. The Balaban J connectivity index is 1.25. The van der Waals surface area contributed by atoms with Gasteiger partial charge in [-0.15, -0.1) is 0 Å². The minimum atomic E-state index is 0.639. The van der Waals surface area contributed by atoms with Gasteiger partial charge >= 0.3 is 0 Å². The number of fused-ring (bicyclic) bond motifs is 5. The van der Waals surface area contributed by atoms with E-state index in [-0.39, 0.29) is 0 Å². The van der Waals surface area contributed by atoms with E-state index in [1.165, 1.54) is 5.39 Å². The number of furan rings is 1. The summed E-state index contributed by atoms with van der Waals surface area (Å²) in [4.78, 5) is 15.1. The van der Waals surface area contributed by atoms with E-state index in [9.17, 15) is 0 Å². The molecule has 2 aromatic heterocycles. The Morgan fingerprint density at radius 2 is 1.16 bits per heavy atom. The highest BCUT2D eigenvalue weighted by molar-refractivity contribution is 6.07. The Labute approximate surface area is 259 Å². The Morgan fingerprint density at radius 1 is 0.511 bits per heavy atom. The molecule has 212 valence electrons. The first-order chi connectivity index (χ1) is 22.3. The van der Waals surface area contributed by atoms with Crippen LogP contribution in [0, 0.1) is 0 Å². The predicted octanol–water partition coefficient (Wildman–Crippen LogP) is 9.42. The first kappa shape index (κ1) is 25.4. The Bertz CT molecular complexity index is 2440. The summed E-state index contributed by atoms with van der Waals surface area (Å²) in [5.74, 6) is 2.88. The second kappa shape index (κ2) is 10.3. The molecule has 3 heterocycles. The lowest BCUT2D eigenvalue weighted by molar-refractivity contribution is 0.531. The summed E-state index contributed by atoms with van der Waals surface area (Å²) in [5.41, 5.74) is 7.14. The molecule has 0 fully saturated rings. The summed E-state index contributed by atoms with van der Waals surface area (Å²) in [6, 6.07) is 45.9. The molecule has 1 N–H and O–H groups in total. The third-order valence-corrected chi connectivity index (χ3v) is 8.58. The molecule has 1 aliphatic heterocycles. The maximum Gasteiger partial charge on any atom is 0.164 e. The number of nitrogens with one attached hydrogen (secondary N) is 1. The number of benzene rings is 6. The molecule has 0 radical (unpaired) electrons. The zero-order valence-electron chi connectivity index (χ0n) is 24.2. The molecule has 0 saturated heterocycles. The molecule has 6 aromatic carbocycles. The molecular weight excluding hydrogens is 552 g/mol. The van der Waals surface area contributed by atoms with Gasteiger partial charge in [0.25, 0.3) is 0 Å². The van der Waals surface area contributed by atoms with Gasteiger partial charge in [-0.25, -0.2) is 15.0 Å². The highest BCUT2D eigenvalue weighted by Gasteiger charge is 2.24. The summed E-state index contributed by atoms with van der Waals surface area (Å²) in [7, 11) is 0. The van der Waals surface area contributed by atoms with Crippen molar-refractivity contribution in [3.8, 4) is 34.2 Å². The highest BCUT2D eigenvalue weighted by Crippen LogP contribution is 2.41. The monoisotopic (exact) mass is 578 g/mol. The van der Waals surface area contributed by atoms with Gasteiger partial charge in [0.15, 0.2) is 17.5 Å². The van der Waals surface area contributed by atoms with Crippen LogP contribution in [0.2, 0.25) is 0 Å². The third-order valence-electron chi connectivity index (χ3n) is 8.58. The minimum absolute atomic E-state index is 0.639. The molecule has 5 heteroatoms. The fourth-order valence-corrected chi connectivity index (χ4v) is 6.45. The number of para-hydroxylation sites is 1. The van der Waals surface area contributed by atoms with E-state index in [2.05, 4.69) is 103 Å². The predicted molar refractivity (Wildman–Crippen MR) is 181 cm³/mol. The molecule has 0 aliphatic carbocycles. The van der Waals surface area contributed by atoms with Gasteiger partial charge in [0.1, 0.15) is 11.3 Å². The first-order valence-corrected chi connectivity index (χ1v) is 15.1. The smallest absolute Gasteiger partial charge is 0.164 e. The van der Waals surface area contributed by atoms with E-state index >= 15 is 0 Å². The quantitative estimate of drug-likeness (QED) is 0.225. The normalized spacial score (nSPS) is 12.7. The van der Waals surface area contributed by atoms with Crippen molar-refractivity contribution in [1.29, 1.82) is 0 Å². The average molecular weight is 579 g/mol. The van der Waals surface area contributed by atoms with Crippen LogP contribution < -0.4 is 5.32 Å². The number of aromatic nitrogens is 3. The van der Waals surface area contributed by atoms with Crippen molar-refractivity contribution in [2.75, 3.05) is 0 Å². The number of hydrogen-bond donors (Lipinski definition) is 1. The first-order valence-electron chi connectivity index (χ1n) is 15.1. The van der Waals surface area contributed by atoms with E-state index in [1.807, 2.05) is 42.5 Å². The molecule has 0 spiro atoms. The van der Waals surface area contributed by atoms with Crippen molar-refractivity contribution in [2.24, 2.45) is 0 Å². The maximum absolute atomic E-state index is 6.25. The number of hydrogen-bond acceptors (Lipinski definition) is 5. The van der Waals surface area contributed by atoms with Crippen LogP contribution in [-0.2, 0) is 6.54 Å². The zero-order valence-corrected chi connectivity index (χ0v) is 24.2. The molecule has 1 aliphatic rings. The molecule has 8 aromatic rings. The van der Waals surface area contributed by atoms with Crippen LogP contribution in [0.1, 0.15) is 16.9 Å². The van der Waals surface area contributed by atoms with Crippen LogP contribution in [0.4, 0.5) is 0 Å². The van der Waals surface area contributed by atoms with Gasteiger partial charge in [-0.2, -0.15) is 0 Å². The molecule has 0 atom stereocenters. The fourth-order valence-electron chi connectivity index (χ4n) is 6.45. The summed E-state index contributed by atoms with van der Waals surface area (Å²) in [6.07, 6.45) is 2.11. The van der Waals surface area contributed by atoms with E-state index in [1.54, 1.807) is 0 Å². The van der Waals surface area contributed by atoms with Crippen LogP contribution >= 0.6 is 0 Å². The van der Waals surface area contributed by atoms with Gasteiger partial charge in [0.05, 0.1) is 6.54 Å². The summed E-state index contributed by atoms with van der Waals surface area (Å²) < 4.78 is 6.25. The molecule has 0 amide bonds. The molecule has 0 unspecified atom stereocenters. The lowest BCUT2D eigenvalue weighted by atomic mass is 9.89. The van der Waals surface area contributed by atoms with Gasteiger partial charge in [-0.05, 0) is 45.3 Å². The van der Waals surface area contributed by atoms with Crippen LogP contribution in [0.5, 0.6) is 0 Å². The van der Waals surface area contributed by atoms with Crippen molar-refractivity contribution >= 4 is 38.1 Å². The van der Waals surface area contributed by atoms with Crippen molar-refractivity contribution in [3.05, 3.63) is 157 Å². The standard InChI is InChI=1S/C40H26N4O/c1-2-11-26(12-3-1)38-42-39(28-19-18-25-10-4-5-13-27(25)22-28)44-40(43-38)32-21-20-31(29-14-6-7-15-30(29)32)34-23-41-24-36-37(34)33-16-8-9-17-35(33)45-36/h1-23,41H,24H2. The Hall–Kier alpha value is -6.07. The number of rotatable bonds is 4. The van der Waals surface area contributed by atoms with E-state index in [4.69, 9.17) is 19.4 Å². The lowest BCUT2D eigenvalue weighted by Gasteiger charge is -2.18. The van der Waals surface area contributed by atoms with Crippen molar-refractivity contribution < 1.29 is 4.42 Å². The second-order valence-electron chi connectivity index (χ2n) is 11.3. The maximum atomic E-state index is 6.25. The highest BCUT2D eigenvalue weighted by atomic mass is 16.3. The van der Waals surface area contributed by atoms with Crippen LogP contribution in [0.25, 0.3) is 72.3 Å². The summed E-state index contributed by atoms with van der Waals surface area (Å²) in [5, 5.41) is 9.08. The molecule has 5 nitrogen and oxygen atoms in total. The van der Waals surface area contributed by atoms with Crippen LogP contribution in [0.15, 0.2) is 144 Å². The summed E-state index contributed by atoms with van der Waals surface area (Å²) >= 11 is 0. The van der Waals surface area contributed by atoms with Gasteiger partial charge < -0.3 is 9.73 Å². The number of nitrogens with zero attached hydrogens (tertiary/aromatic N) is 3. The molecule has 0 saturated carbocycles. The van der Waals surface area contributed by atoms with Gasteiger partial charge in [0.2, 0.25) is 0 Å². The fraction of sp³-hybridized carbons (Fsp3) is 0.0250. The molecule has 45 heavy (non-hydrogen) atoms. The summed E-state index contributed by atoms with van der Waals surface area (Å²) in [6.45, 7) is 0.661. The average Bonchev–Trinajstić information content (AvgIpc) is 3.50. The van der Waals surface area contributed by atoms with Gasteiger partial charge in [-0.3, -0.25) is 0 Å². The van der Waals surface area contributed by atoms with Crippen molar-refractivity contribution in [2.45, 2.75) is 6.54 Å². The van der Waals surface area contributed by atoms with E-state index < -0.39 is 0 Å².